The van der Waals surface area contributed by atoms with Gasteiger partial charge in [0, 0.05) is 6.54 Å². The molecule has 1 amide bonds. The lowest BCUT2D eigenvalue weighted by Crippen LogP contribution is -2.31. The molecule has 0 saturated carbocycles. The number of anilines is 1. The standard InChI is InChI=1S/C12H12N6O/c13-6-7-18(8-9-4-2-1-3-5-9)11(19)10-15-12(14)17-16-10/h1-5H,7-8H2,(H3,14,15,16,17). The molecule has 2 rings (SSSR count). The number of hydrogen-bond acceptors (Lipinski definition) is 5. The molecular weight excluding hydrogens is 244 g/mol. The van der Waals surface area contributed by atoms with Gasteiger partial charge in [0.2, 0.25) is 11.8 Å². The fourth-order valence-corrected chi connectivity index (χ4v) is 1.61. The van der Waals surface area contributed by atoms with Gasteiger partial charge in [-0.15, -0.1) is 5.10 Å². The summed E-state index contributed by atoms with van der Waals surface area (Å²) in [6.07, 6.45) is 0. The van der Waals surface area contributed by atoms with Gasteiger partial charge < -0.3 is 10.6 Å². The number of hydrogen-bond donors (Lipinski definition) is 2. The highest BCUT2D eigenvalue weighted by molar-refractivity contribution is 5.90. The Labute approximate surface area is 109 Å². The van der Waals surface area contributed by atoms with Crippen LogP contribution in [-0.2, 0) is 6.54 Å². The number of nitriles is 1. The van der Waals surface area contributed by atoms with E-state index in [0.717, 1.165) is 5.56 Å². The van der Waals surface area contributed by atoms with Crippen LogP contribution in [0.2, 0.25) is 0 Å². The monoisotopic (exact) mass is 256 g/mol. The van der Waals surface area contributed by atoms with Gasteiger partial charge in [0.15, 0.2) is 0 Å². The Morgan fingerprint density at radius 3 is 2.74 bits per heavy atom. The third kappa shape index (κ3) is 3.07. The van der Waals surface area contributed by atoms with Crippen molar-refractivity contribution in [2.75, 3.05) is 12.3 Å². The maximum Gasteiger partial charge on any atom is 0.292 e. The second kappa shape index (κ2) is 5.64. The van der Waals surface area contributed by atoms with Crippen LogP contribution in [0.1, 0.15) is 16.2 Å². The van der Waals surface area contributed by atoms with Crippen molar-refractivity contribution in [2.24, 2.45) is 0 Å². The van der Waals surface area contributed by atoms with E-state index in [2.05, 4.69) is 15.2 Å². The Balaban J connectivity index is 2.16. The van der Waals surface area contributed by atoms with E-state index in [0.29, 0.717) is 6.54 Å². The Hall–Kier alpha value is -2.88. The molecule has 2 aromatic rings. The number of benzene rings is 1. The predicted octanol–water partition coefficient (Wildman–Crippen LogP) is 0.553. The number of amides is 1. The van der Waals surface area contributed by atoms with Crippen LogP contribution in [-0.4, -0.2) is 32.5 Å². The van der Waals surface area contributed by atoms with Gasteiger partial charge in [-0.05, 0) is 5.56 Å². The Kier molecular flexibility index (Phi) is 3.73. The third-order valence-corrected chi connectivity index (χ3v) is 2.47. The number of aromatic nitrogens is 3. The van der Waals surface area contributed by atoms with E-state index in [9.17, 15) is 4.79 Å². The lowest BCUT2D eigenvalue weighted by atomic mass is 10.2. The number of nitrogens with one attached hydrogen (secondary N) is 1. The second-order valence-corrected chi connectivity index (χ2v) is 3.85. The van der Waals surface area contributed by atoms with E-state index in [1.54, 1.807) is 0 Å². The topological polar surface area (TPSA) is 112 Å². The van der Waals surface area contributed by atoms with Gasteiger partial charge in [-0.1, -0.05) is 30.3 Å². The molecular formula is C12H12N6O. The first-order valence-corrected chi connectivity index (χ1v) is 5.58. The van der Waals surface area contributed by atoms with E-state index in [4.69, 9.17) is 11.0 Å². The third-order valence-electron chi connectivity index (χ3n) is 2.47. The number of nitrogen functional groups attached to an aromatic ring is 1. The molecule has 7 heteroatoms. The minimum absolute atomic E-state index is 0.0000289. The number of rotatable bonds is 4. The van der Waals surface area contributed by atoms with E-state index >= 15 is 0 Å². The summed E-state index contributed by atoms with van der Waals surface area (Å²) < 4.78 is 0. The highest BCUT2D eigenvalue weighted by Crippen LogP contribution is 2.07. The number of carbonyl (C=O) groups excluding carboxylic acids is 1. The van der Waals surface area contributed by atoms with E-state index in [1.165, 1.54) is 4.90 Å². The number of nitrogens with zero attached hydrogens (tertiary/aromatic N) is 4. The Morgan fingerprint density at radius 2 is 2.16 bits per heavy atom. The average Bonchev–Trinajstić information content (AvgIpc) is 2.85. The molecule has 0 aliphatic carbocycles. The molecule has 1 heterocycles. The summed E-state index contributed by atoms with van der Waals surface area (Å²) in [6.45, 7) is 0.294. The molecule has 0 radical (unpaired) electrons. The zero-order chi connectivity index (χ0) is 13.7. The van der Waals surface area contributed by atoms with Gasteiger partial charge in [-0.25, -0.2) is 0 Å². The van der Waals surface area contributed by atoms with Gasteiger partial charge >= 0.3 is 0 Å². The summed E-state index contributed by atoms with van der Waals surface area (Å²) in [5.41, 5.74) is 6.28. The van der Waals surface area contributed by atoms with Crippen LogP contribution in [0.3, 0.4) is 0 Å². The van der Waals surface area contributed by atoms with Gasteiger partial charge in [0.05, 0.1) is 6.07 Å². The van der Waals surface area contributed by atoms with Crippen molar-refractivity contribution >= 4 is 11.9 Å². The summed E-state index contributed by atoms with van der Waals surface area (Å²) in [6, 6.07) is 11.3. The van der Waals surface area contributed by atoms with E-state index < -0.39 is 5.91 Å². The fraction of sp³-hybridized carbons (Fsp3) is 0.167. The lowest BCUT2D eigenvalue weighted by Gasteiger charge is -2.18. The van der Waals surface area contributed by atoms with Crippen LogP contribution in [0.5, 0.6) is 0 Å². The zero-order valence-electron chi connectivity index (χ0n) is 10.1. The molecule has 0 bridgehead atoms. The smallest absolute Gasteiger partial charge is 0.292 e. The first-order valence-electron chi connectivity index (χ1n) is 5.58. The maximum absolute atomic E-state index is 12.1. The molecule has 1 aromatic heterocycles. The van der Waals surface area contributed by atoms with Crippen molar-refractivity contribution in [1.29, 1.82) is 5.26 Å². The van der Waals surface area contributed by atoms with Crippen LogP contribution >= 0.6 is 0 Å². The maximum atomic E-state index is 12.1. The summed E-state index contributed by atoms with van der Waals surface area (Å²) in [7, 11) is 0. The molecule has 0 spiro atoms. The van der Waals surface area contributed by atoms with Crippen molar-refractivity contribution in [3.63, 3.8) is 0 Å². The van der Waals surface area contributed by atoms with Crippen molar-refractivity contribution in [2.45, 2.75) is 6.54 Å². The molecule has 0 unspecified atom stereocenters. The normalized spacial score (nSPS) is 9.84. The minimum Gasteiger partial charge on any atom is -0.366 e. The van der Waals surface area contributed by atoms with Crippen molar-refractivity contribution in [3.05, 3.63) is 41.7 Å². The number of aromatic amines is 1. The summed E-state index contributed by atoms with van der Waals surface area (Å²) in [4.78, 5) is 17.3. The molecule has 0 fully saturated rings. The summed E-state index contributed by atoms with van der Waals surface area (Å²) in [5.74, 6) is -0.377. The minimum atomic E-state index is -0.408. The Morgan fingerprint density at radius 1 is 1.42 bits per heavy atom. The number of H-pyrrole nitrogens is 1. The van der Waals surface area contributed by atoms with Gasteiger partial charge in [-0.2, -0.15) is 10.2 Å². The first-order chi connectivity index (χ1) is 9.20. The van der Waals surface area contributed by atoms with E-state index in [1.807, 2.05) is 36.4 Å². The average molecular weight is 256 g/mol. The highest BCUT2D eigenvalue weighted by Gasteiger charge is 2.19. The largest absolute Gasteiger partial charge is 0.366 e. The van der Waals surface area contributed by atoms with Gasteiger partial charge in [0.25, 0.3) is 5.91 Å². The van der Waals surface area contributed by atoms with Crippen LogP contribution in [0.25, 0.3) is 0 Å². The van der Waals surface area contributed by atoms with Crippen LogP contribution in [0, 0.1) is 11.3 Å². The van der Waals surface area contributed by atoms with Gasteiger partial charge in [0.1, 0.15) is 6.54 Å². The molecule has 19 heavy (non-hydrogen) atoms. The number of carbonyl (C=O) groups is 1. The fourth-order valence-electron chi connectivity index (χ4n) is 1.61. The molecule has 96 valence electrons. The molecule has 7 nitrogen and oxygen atoms in total. The highest BCUT2D eigenvalue weighted by atomic mass is 16.2. The van der Waals surface area contributed by atoms with Gasteiger partial charge in [-0.3, -0.25) is 9.89 Å². The molecule has 3 N–H and O–H groups in total. The Bertz CT molecular complexity index is 600. The van der Waals surface area contributed by atoms with Crippen molar-refractivity contribution in [3.8, 4) is 6.07 Å². The number of nitrogens with two attached hydrogens (primary N) is 1. The molecule has 0 aliphatic heterocycles. The quantitative estimate of drug-likeness (QED) is 0.776. The van der Waals surface area contributed by atoms with Crippen molar-refractivity contribution in [1.82, 2.24) is 20.1 Å². The molecule has 0 saturated heterocycles. The van der Waals surface area contributed by atoms with Crippen LogP contribution in [0.15, 0.2) is 30.3 Å². The van der Waals surface area contributed by atoms with Crippen LogP contribution in [0.4, 0.5) is 5.95 Å². The summed E-state index contributed by atoms with van der Waals surface area (Å²) in [5, 5.41) is 14.8. The first kappa shape index (κ1) is 12.6. The predicted molar refractivity (Wildman–Crippen MR) is 67.6 cm³/mol. The second-order valence-electron chi connectivity index (χ2n) is 3.85. The molecule has 0 aliphatic rings. The SMILES string of the molecule is N#CCN(Cc1ccccc1)C(=O)c1nc(N)n[nH]1. The van der Waals surface area contributed by atoms with E-state index in [-0.39, 0.29) is 18.3 Å². The zero-order valence-corrected chi connectivity index (χ0v) is 10.1. The molecule has 0 atom stereocenters. The van der Waals surface area contributed by atoms with Crippen LogP contribution < -0.4 is 5.73 Å². The summed E-state index contributed by atoms with van der Waals surface area (Å²) >= 11 is 0. The van der Waals surface area contributed by atoms with Crippen molar-refractivity contribution < 1.29 is 4.79 Å². The lowest BCUT2D eigenvalue weighted by molar-refractivity contribution is 0.0753. The molecule has 1 aromatic carbocycles.